The Hall–Kier alpha value is -9.93. The molecule has 11 aromatic rings. The zero-order chi connectivity index (χ0) is 77.6. The number of para-hydroxylation sites is 5. The Morgan fingerprint density at radius 2 is 0.495 bits per heavy atom. The van der Waals surface area contributed by atoms with Gasteiger partial charge in [-0.05, 0) is 215 Å². The maximum absolute atomic E-state index is 2.47. The van der Waals surface area contributed by atoms with Gasteiger partial charge in [-0.3, -0.25) is 0 Å². The van der Waals surface area contributed by atoms with E-state index in [4.69, 9.17) is 0 Å². The summed E-state index contributed by atoms with van der Waals surface area (Å²) in [6.45, 7) is 49.6. The summed E-state index contributed by atoms with van der Waals surface area (Å²) in [5.74, 6) is 7.97. The molecule has 3 atom stereocenters. The zero-order valence-corrected chi connectivity index (χ0v) is 69.7. The van der Waals surface area contributed by atoms with E-state index < -0.39 is 0 Å². The van der Waals surface area contributed by atoms with Crippen LogP contribution >= 0.6 is 0 Å². The highest BCUT2D eigenvalue weighted by atomic mass is 15.2. The number of rotatable bonds is 8. The van der Waals surface area contributed by atoms with Crippen molar-refractivity contribution in [1.29, 1.82) is 0 Å². The highest BCUT2D eigenvalue weighted by Gasteiger charge is 2.50. The highest BCUT2D eigenvalue weighted by molar-refractivity contribution is 5.54. The molecule has 0 radical (unpaired) electrons. The normalized spacial score (nSPS) is 19.9. The first-order valence-electron chi connectivity index (χ1n) is 40.5. The van der Waals surface area contributed by atoms with Gasteiger partial charge < -0.3 is 0 Å². The van der Waals surface area contributed by atoms with E-state index >= 15 is 0 Å². The second kappa shape index (κ2) is 29.1. The molecule has 5 aromatic heterocycles. The van der Waals surface area contributed by atoms with Crippen molar-refractivity contribution in [3.8, 4) is 28.4 Å². The van der Waals surface area contributed by atoms with Crippen LogP contribution in [0.1, 0.15) is 226 Å². The van der Waals surface area contributed by atoms with E-state index in [1.54, 1.807) is 0 Å². The first-order valence-corrected chi connectivity index (χ1v) is 40.5. The lowest BCUT2D eigenvalue weighted by Crippen LogP contribution is -2.38. The van der Waals surface area contributed by atoms with Crippen LogP contribution in [0.2, 0.25) is 0 Å². The van der Waals surface area contributed by atoms with Crippen LogP contribution in [0.4, 0.5) is 0 Å². The number of nitrogens with zero attached hydrogens (tertiary/aromatic N) is 10. The van der Waals surface area contributed by atoms with Crippen molar-refractivity contribution in [3.63, 3.8) is 0 Å². The smallest absolute Gasteiger partial charge is 0.203 e. The molecule has 0 amide bonds. The second-order valence-corrected chi connectivity index (χ2v) is 34.3. The van der Waals surface area contributed by atoms with Crippen LogP contribution in [0.5, 0.6) is 0 Å². The number of fused-ring (bicyclic) bond motifs is 5. The molecule has 0 bridgehead atoms. The average Bonchev–Trinajstić information content (AvgIpc) is 1.59. The van der Waals surface area contributed by atoms with E-state index in [9.17, 15) is 0 Å². The number of hydrogen-bond acceptors (Lipinski definition) is 0. The first-order chi connectivity index (χ1) is 52.0. The number of hydrogen-bond donors (Lipinski definition) is 0. The molecular formula is C99H121N10+5. The largest absolute Gasteiger partial charge is 0.263 e. The summed E-state index contributed by atoms with van der Waals surface area (Å²) >= 11 is 0. The molecule has 0 spiro atoms. The quantitative estimate of drug-likeness (QED) is 0.136. The molecule has 0 saturated heterocycles. The van der Waals surface area contributed by atoms with Crippen molar-refractivity contribution in [1.82, 2.24) is 22.8 Å². The van der Waals surface area contributed by atoms with Crippen LogP contribution in [0, 0.1) is 116 Å². The number of allylic oxidation sites excluding steroid dienone is 5. The van der Waals surface area contributed by atoms with Gasteiger partial charge in [0, 0.05) is 69.2 Å². The van der Waals surface area contributed by atoms with Crippen LogP contribution in [0.3, 0.4) is 0 Å². The first kappa shape index (κ1) is 75.9. The molecule has 562 valence electrons. The summed E-state index contributed by atoms with van der Waals surface area (Å²) in [6.07, 6.45) is 35.5. The van der Waals surface area contributed by atoms with Gasteiger partial charge in [0.25, 0.3) is 29.1 Å². The van der Waals surface area contributed by atoms with E-state index in [0.717, 1.165) is 11.8 Å². The summed E-state index contributed by atoms with van der Waals surface area (Å²) in [5.41, 5.74) is 28.8. The Labute approximate surface area is 651 Å². The van der Waals surface area contributed by atoms with Crippen molar-refractivity contribution in [2.45, 2.75) is 237 Å². The van der Waals surface area contributed by atoms with Gasteiger partial charge in [0.2, 0.25) is 0 Å². The van der Waals surface area contributed by atoms with Crippen molar-refractivity contribution in [2.24, 2.45) is 11.8 Å². The molecular weight excluding hydrogens is 1330 g/mol. The fourth-order valence-electron chi connectivity index (χ4n) is 20.7. The Morgan fingerprint density at radius 1 is 0.257 bits per heavy atom. The predicted octanol–water partition coefficient (Wildman–Crippen LogP) is 21.0. The molecule has 10 nitrogen and oxygen atoms in total. The average molecular weight is 1450 g/mol. The van der Waals surface area contributed by atoms with E-state index in [-0.39, 0.29) is 27.1 Å². The van der Waals surface area contributed by atoms with Crippen LogP contribution in [-0.4, -0.2) is 22.8 Å². The monoisotopic (exact) mass is 1450 g/mol. The van der Waals surface area contributed by atoms with Gasteiger partial charge in [-0.2, -0.15) is 22.8 Å². The van der Waals surface area contributed by atoms with Crippen LogP contribution in [0.15, 0.2) is 182 Å². The van der Waals surface area contributed by atoms with Gasteiger partial charge >= 0.3 is 0 Å². The van der Waals surface area contributed by atoms with E-state index in [0.29, 0.717) is 0 Å². The molecule has 10 heteroatoms. The second-order valence-electron chi connectivity index (χ2n) is 34.3. The molecule has 2 saturated carbocycles. The molecule has 2 fully saturated rings. The van der Waals surface area contributed by atoms with E-state index in [2.05, 4.69) is 411 Å². The van der Waals surface area contributed by atoms with Crippen molar-refractivity contribution < 1.29 is 22.8 Å². The maximum atomic E-state index is 2.47. The molecule has 109 heavy (non-hydrogen) atoms. The Kier molecular flexibility index (Phi) is 20.3. The third-order valence-corrected chi connectivity index (χ3v) is 26.5. The topological polar surface area (TPSA) is 44.0 Å². The van der Waals surface area contributed by atoms with Crippen molar-refractivity contribution in [2.75, 3.05) is 0 Å². The third-order valence-electron chi connectivity index (χ3n) is 26.5. The number of imidazole rings is 5. The lowest BCUT2D eigenvalue weighted by Gasteiger charge is -2.34. The molecule has 5 aliphatic heterocycles. The fraction of sp³-hybridized carbons (Fsp3) is 0.384. The minimum absolute atomic E-state index is 0.0932. The number of benzene rings is 6. The predicted molar refractivity (Wildman–Crippen MR) is 450 cm³/mol. The Balaban J connectivity index is 0.000000114. The van der Waals surface area contributed by atoms with Gasteiger partial charge in [-0.1, -0.05) is 153 Å². The van der Waals surface area contributed by atoms with E-state index in [1.165, 1.54) is 206 Å². The van der Waals surface area contributed by atoms with Gasteiger partial charge in [0.1, 0.15) is 51.2 Å². The summed E-state index contributed by atoms with van der Waals surface area (Å²) in [7, 11) is 0. The molecule has 6 aromatic carbocycles. The molecule has 3 unspecified atom stereocenters. The minimum atomic E-state index is -0.0932. The van der Waals surface area contributed by atoms with Gasteiger partial charge in [-0.15, -0.1) is 0 Å². The Morgan fingerprint density at radius 3 is 0.798 bits per heavy atom. The molecule has 10 heterocycles. The lowest BCUT2D eigenvalue weighted by molar-refractivity contribution is -0.581. The van der Waals surface area contributed by atoms with Crippen LogP contribution in [-0.2, 0) is 27.1 Å². The molecule has 7 aliphatic rings. The third kappa shape index (κ3) is 12.8. The summed E-state index contributed by atoms with van der Waals surface area (Å²) in [6, 6.07) is 53.9. The summed E-state index contributed by atoms with van der Waals surface area (Å²) in [5, 5.41) is 0. The maximum Gasteiger partial charge on any atom is 0.263 e. The van der Waals surface area contributed by atoms with Gasteiger partial charge in [0.15, 0.2) is 34.2 Å². The summed E-state index contributed by atoms with van der Waals surface area (Å²) < 4.78 is 23.9. The van der Waals surface area contributed by atoms with E-state index in [1.807, 2.05) is 0 Å². The molecule has 2 aliphatic carbocycles. The standard InChI is InChI=1S/C22H29N2.C22H23N2.C21H27N2.2C17H21N2/c2*1-16-10-8-9-13-20(16)24-17(2)21-22(4,14-15-23(21)18(24)3)19-11-6-5-7-12-19;1-15-9-5-8-12-19(15)23-16(2)20-21(4,18-10-6-7-11-18)13-14-22(20)17(23)3;2*1-12-8-6-7-9-15(12)19-13(2)16-17(4,5)10-11-18(16)14(19)3/h8-10,13-15,19H,5-7,11-12H2,1-4H3;5-15H,1-4H3;5,8-9,12-14,18H,6-7,10-11H2,1-4H3;2*6-11H,1-5H3/q5*+1. The molecule has 18 rings (SSSR count). The van der Waals surface area contributed by atoms with Gasteiger partial charge in [-0.25, -0.2) is 22.8 Å². The zero-order valence-electron chi connectivity index (χ0n) is 69.7. The van der Waals surface area contributed by atoms with Gasteiger partial charge in [0.05, 0.1) is 58.1 Å². The van der Waals surface area contributed by atoms with Crippen LogP contribution < -0.4 is 22.8 Å². The van der Waals surface area contributed by atoms with Crippen molar-refractivity contribution >= 4 is 31.0 Å². The molecule has 0 N–H and O–H groups in total. The van der Waals surface area contributed by atoms with Crippen LogP contribution in [0.25, 0.3) is 59.4 Å². The Bertz CT molecular complexity index is 5360. The van der Waals surface area contributed by atoms with Crippen molar-refractivity contribution in [3.05, 3.63) is 301 Å². The summed E-state index contributed by atoms with van der Waals surface area (Å²) in [4.78, 5) is 0. The number of aryl methyl sites for hydroxylation is 5. The fourth-order valence-corrected chi connectivity index (χ4v) is 20.7. The number of aromatic nitrogens is 10. The minimum Gasteiger partial charge on any atom is -0.203 e. The SMILES string of the molecule is Cc1ccccc1-n1c(C)c2[n+](c1C)C=CC2(C)C.Cc1ccccc1-n1c(C)c2[n+](c1C)C=CC2(C)C.Cc1ccccc1-n1c(C)c2[n+](c1C)C=CC2(C)C1CCCC1.Cc1ccccc1-n1c(C)c2[n+](c1C)C=CC2(C)C1CCCCC1.Cc1ccccc1-n1c(C)c2[n+](c1C)C=CC2(C)c1ccccc1. The lowest BCUT2D eigenvalue weighted by atomic mass is 9.68. The highest BCUT2D eigenvalue weighted by Crippen LogP contribution is 2.48.